The molecule has 1 unspecified atom stereocenters. The molecule has 2 aromatic rings. The van der Waals surface area contributed by atoms with E-state index in [9.17, 15) is 0 Å². The highest BCUT2D eigenvalue weighted by molar-refractivity contribution is 6.35. The van der Waals surface area contributed by atoms with Gasteiger partial charge in [0.1, 0.15) is 5.69 Å². The first kappa shape index (κ1) is 12.8. The van der Waals surface area contributed by atoms with Gasteiger partial charge in [-0.05, 0) is 31.5 Å². The van der Waals surface area contributed by atoms with Crippen molar-refractivity contribution in [2.24, 2.45) is 5.92 Å². The summed E-state index contributed by atoms with van der Waals surface area (Å²) >= 11 is 11.9. The maximum absolute atomic E-state index is 6.06. The molecule has 7 heteroatoms. The van der Waals surface area contributed by atoms with Crippen LogP contribution in [0.2, 0.25) is 10.0 Å². The van der Waals surface area contributed by atoms with E-state index in [1.165, 1.54) is 6.20 Å². The molecule has 3 heterocycles. The summed E-state index contributed by atoms with van der Waals surface area (Å²) in [5.74, 6) is 1.58. The topological polar surface area (TPSA) is 63.8 Å². The van der Waals surface area contributed by atoms with E-state index in [1.807, 2.05) is 0 Å². The Morgan fingerprint density at radius 2 is 2.32 bits per heavy atom. The number of hydrogen-bond acceptors (Lipinski definition) is 5. The highest BCUT2D eigenvalue weighted by Gasteiger charge is 2.20. The predicted molar refractivity (Wildman–Crippen MR) is 72.2 cm³/mol. The smallest absolute Gasteiger partial charge is 0.227 e. The Morgan fingerprint density at radius 3 is 3.05 bits per heavy atom. The monoisotopic (exact) mass is 298 g/mol. The lowest BCUT2D eigenvalue weighted by atomic mass is 10.1. The summed E-state index contributed by atoms with van der Waals surface area (Å²) in [7, 11) is 0. The van der Waals surface area contributed by atoms with Crippen molar-refractivity contribution < 1.29 is 4.52 Å². The minimum absolute atomic E-state index is 0.405. The van der Waals surface area contributed by atoms with Gasteiger partial charge in [0, 0.05) is 12.6 Å². The Morgan fingerprint density at radius 1 is 1.42 bits per heavy atom. The van der Waals surface area contributed by atoms with Gasteiger partial charge >= 0.3 is 0 Å². The molecule has 1 aliphatic rings. The zero-order valence-corrected chi connectivity index (χ0v) is 11.6. The van der Waals surface area contributed by atoms with Gasteiger partial charge in [-0.2, -0.15) is 4.98 Å². The van der Waals surface area contributed by atoms with Crippen LogP contribution in [0.3, 0.4) is 0 Å². The molecule has 1 N–H and O–H groups in total. The van der Waals surface area contributed by atoms with E-state index in [1.54, 1.807) is 6.07 Å². The lowest BCUT2D eigenvalue weighted by Gasteiger charge is -2.01. The van der Waals surface area contributed by atoms with E-state index < -0.39 is 0 Å². The van der Waals surface area contributed by atoms with Gasteiger partial charge in [0.2, 0.25) is 11.7 Å². The Balaban J connectivity index is 1.80. The van der Waals surface area contributed by atoms with Crippen molar-refractivity contribution >= 4 is 23.2 Å². The van der Waals surface area contributed by atoms with E-state index in [4.69, 9.17) is 27.7 Å². The van der Waals surface area contributed by atoms with E-state index in [2.05, 4.69) is 20.4 Å². The average Bonchev–Trinajstić information content (AvgIpc) is 3.01. The van der Waals surface area contributed by atoms with E-state index in [0.717, 1.165) is 25.9 Å². The summed E-state index contributed by atoms with van der Waals surface area (Å²) in [5, 5.41) is 8.13. The second-order valence-electron chi connectivity index (χ2n) is 4.56. The van der Waals surface area contributed by atoms with E-state index in [0.29, 0.717) is 33.4 Å². The lowest BCUT2D eigenvalue weighted by Crippen LogP contribution is -2.10. The van der Waals surface area contributed by atoms with Gasteiger partial charge in [-0.1, -0.05) is 28.4 Å². The van der Waals surface area contributed by atoms with E-state index in [-0.39, 0.29) is 0 Å². The second kappa shape index (κ2) is 5.45. The maximum atomic E-state index is 6.06. The molecule has 0 radical (unpaired) electrons. The number of hydrogen-bond donors (Lipinski definition) is 1. The van der Waals surface area contributed by atoms with Crippen LogP contribution < -0.4 is 5.32 Å². The number of halogens is 2. The Labute approximate surface area is 120 Å². The minimum Gasteiger partial charge on any atom is -0.339 e. The number of pyridine rings is 1. The molecule has 2 aromatic heterocycles. The number of rotatable bonds is 3. The van der Waals surface area contributed by atoms with Gasteiger partial charge in [0.25, 0.3) is 0 Å². The summed E-state index contributed by atoms with van der Waals surface area (Å²) in [5.41, 5.74) is 0.491. The summed E-state index contributed by atoms with van der Waals surface area (Å²) in [4.78, 5) is 8.47. The largest absolute Gasteiger partial charge is 0.339 e. The molecule has 0 amide bonds. The van der Waals surface area contributed by atoms with Crippen LogP contribution in [0.15, 0.2) is 16.8 Å². The molecule has 0 saturated carbocycles. The fourth-order valence-electron chi connectivity index (χ4n) is 2.15. The van der Waals surface area contributed by atoms with Crippen LogP contribution in [-0.2, 0) is 6.42 Å². The van der Waals surface area contributed by atoms with Gasteiger partial charge in [-0.3, -0.25) is 0 Å². The molecule has 0 aromatic carbocycles. The van der Waals surface area contributed by atoms with Crippen LogP contribution in [0.25, 0.3) is 11.5 Å². The van der Waals surface area contributed by atoms with Crippen molar-refractivity contribution in [2.45, 2.75) is 12.8 Å². The zero-order chi connectivity index (χ0) is 13.2. The standard InChI is InChI=1S/C12H12Cl2N4O/c13-8-4-9(14)11(16-6-8)12-17-10(19-18-12)3-7-1-2-15-5-7/h4,6-7,15H,1-3,5H2. The minimum atomic E-state index is 0.405. The number of nitrogens with one attached hydrogen (secondary N) is 1. The molecule has 1 saturated heterocycles. The van der Waals surface area contributed by atoms with Gasteiger partial charge in [0.05, 0.1) is 10.0 Å². The SMILES string of the molecule is Clc1cnc(-c2noc(CC3CCNC3)n2)c(Cl)c1. The lowest BCUT2D eigenvalue weighted by molar-refractivity contribution is 0.358. The first-order chi connectivity index (χ1) is 9.22. The fourth-order valence-corrected chi connectivity index (χ4v) is 2.61. The van der Waals surface area contributed by atoms with Crippen LogP contribution in [0.4, 0.5) is 0 Å². The van der Waals surface area contributed by atoms with Gasteiger partial charge in [-0.25, -0.2) is 4.98 Å². The zero-order valence-electron chi connectivity index (χ0n) is 10.1. The van der Waals surface area contributed by atoms with Gasteiger partial charge in [0.15, 0.2) is 0 Å². The third-order valence-corrected chi connectivity index (χ3v) is 3.61. The number of aromatic nitrogens is 3. The molecular weight excluding hydrogens is 287 g/mol. The van der Waals surface area contributed by atoms with Crippen molar-refractivity contribution in [3.05, 3.63) is 28.2 Å². The highest BCUT2D eigenvalue weighted by atomic mass is 35.5. The summed E-state index contributed by atoms with van der Waals surface area (Å²) in [6.45, 7) is 2.05. The Kier molecular flexibility index (Phi) is 3.68. The fraction of sp³-hybridized carbons (Fsp3) is 0.417. The van der Waals surface area contributed by atoms with Crippen LogP contribution >= 0.6 is 23.2 Å². The first-order valence-electron chi connectivity index (χ1n) is 6.07. The first-order valence-corrected chi connectivity index (χ1v) is 6.82. The predicted octanol–water partition coefficient (Wildman–Crippen LogP) is 2.59. The Bertz CT molecular complexity index is 581. The third kappa shape index (κ3) is 2.88. The molecule has 0 spiro atoms. The van der Waals surface area contributed by atoms with Crippen molar-refractivity contribution in [2.75, 3.05) is 13.1 Å². The van der Waals surface area contributed by atoms with Crippen molar-refractivity contribution in [3.63, 3.8) is 0 Å². The molecule has 0 aliphatic carbocycles. The molecular formula is C12H12Cl2N4O. The Hall–Kier alpha value is -1.17. The van der Waals surface area contributed by atoms with Gasteiger partial charge in [-0.15, -0.1) is 0 Å². The molecule has 1 atom stereocenters. The van der Waals surface area contributed by atoms with Crippen LogP contribution in [0, 0.1) is 5.92 Å². The molecule has 100 valence electrons. The molecule has 5 nitrogen and oxygen atoms in total. The van der Waals surface area contributed by atoms with Crippen LogP contribution in [0.1, 0.15) is 12.3 Å². The molecule has 1 fully saturated rings. The van der Waals surface area contributed by atoms with Gasteiger partial charge < -0.3 is 9.84 Å². The quantitative estimate of drug-likeness (QED) is 0.943. The molecule has 1 aliphatic heterocycles. The van der Waals surface area contributed by atoms with Crippen LogP contribution in [-0.4, -0.2) is 28.2 Å². The van der Waals surface area contributed by atoms with E-state index >= 15 is 0 Å². The molecule has 0 bridgehead atoms. The number of nitrogens with zero attached hydrogens (tertiary/aromatic N) is 3. The average molecular weight is 299 g/mol. The van der Waals surface area contributed by atoms with Crippen molar-refractivity contribution in [3.8, 4) is 11.5 Å². The molecule has 3 rings (SSSR count). The second-order valence-corrected chi connectivity index (χ2v) is 5.40. The summed E-state index contributed by atoms with van der Waals surface area (Å²) in [6, 6.07) is 1.61. The van der Waals surface area contributed by atoms with Crippen molar-refractivity contribution in [1.29, 1.82) is 0 Å². The summed E-state index contributed by atoms with van der Waals surface area (Å²) in [6.07, 6.45) is 3.43. The normalized spacial score (nSPS) is 18.9. The third-order valence-electron chi connectivity index (χ3n) is 3.11. The summed E-state index contributed by atoms with van der Waals surface area (Å²) < 4.78 is 5.25. The highest BCUT2D eigenvalue weighted by Crippen LogP contribution is 2.26. The van der Waals surface area contributed by atoms with Crippen molar-refractivity contribution in [1.82, 2.24) is 20.4 Å². The molecule has 19 heavy (non-hydrogen) atoms. The maximum Gasteiger partial charge on any atom is 0.227 e. The van der Waals surface area contributed by atoms with Crippen LogP contribution in [0.5, 0.6) is 0 Å².